The van der Waals surface area contributed by atoms with E-state index in [1.807, 2.05) is 19.1 Å². The molecular weight excluding hydrogens is 357 g/mol. The molecule has 2 heterocycles. The van der Waals surface area contributed by atoms with Gasteiger partial charge in [0, 0.05) is 31.3 Å². The van der Waals surface area contributed by atoms with Gasteiger partial charge in [-0.1, -0.05) is 13.3 Å². The summed E-state index contributed by atoms with van der Waals surface area (Å²) in [6.45, 7) is 2.70. The molecule has 0 aliphatic rings. The summed E-state index contributed by atoms with van der Waals surface area (Å²) >= 11 is 0. The number of rotatable bonds is 9. The van der Waals surface area contributed by atoms with Crippen molar-refractivity contribution >= 4 is 5.91 Å². The highest BCUT2D eigenvalue weighted by molar-refractivity contribution is 5.91. The SMILES string of the molecule is CCc1ccc(C(=O)N(C)CCCCCc2cc(-c3ccc(F)cc3)n[nH]2)o1. The first kappa shape index (κ1) is 19.9. The van der Waals surface area contributed by atoms with Crippen LogP contribution >= 0.6 is 0 Å². The zero-order valence-corrected chi connectivity index (χ0v) is 16.4. The highest BCUT2D eigenvalue weighted by Crippen LogP contribution is 2.19. The highest BCUT2D eigenvalue weighted by Gasteiger charge is 2.15. The van der Waals surface area contributed by atoms with E-state index in [4.69, 9.17) is 4.42 Å². The van der Waals surface area contributed by atoms with Gasteiger partial charge in [-0.15, -0.1) is 0 Å². The minimum atomic E-state index is -0.249. The first-order chi connectivity index (χ1) is 13.6. The van der Waals surface area contributed by atoms with Crippen LogP contribution in [0.2, 0.25) is 0 Å². The van der Waals surface area contributed by atoms with Crippen molar-refractivity contribution in [2.75, 3.05) is 13.6 Å². The smallest absolute Gasteiger partial charge is 0.289 e. The van der Waals surface area contributed by atoms with E-state index in [1.165, 1.54) is 12.1 Å². The molecule has 3 aromatic rings. The van der Waals surface area contributed by atoms with E-state index in [0.29, 0.717) is 12.3 Å². The Hall–Kier alpha value is -2.89. The summed E-state index contributed by atoms with van der Waals surface area (Å²) in [5.41, 5.74) is 2.78. The lowest BCUT2D eigenvalue weighted by atomic mass is 10.1. The number of hydrogen-bond donors (Lipinski definition) is 1. The first-order valence-electron chi connectivity index (χ1n) is 9.71. The molecule has 0 saturated carbocycles. The highest BCUT2D eigenvalue weighted by atomic mass is 19.1. The normalized spacial score (nSPS) is 11.0. The summed E-state index contributed by atoms with van der Waals surface area (Å²) in [6, 6.07) is 11.9. The quantitative estimate of drug-likeness (QED) is 0.537. The monoisotopic (exact) mass is 383 g/mol. The first-order valence-corrected chi connectivity index (χ1v) is 9.71. The van der Waals surface area contributed by atoms with Gasteiger partial charge < -0.3 is 9.32 Å². The molecule has 0 aliphatic heterocycles. The molecule has 6 heteroatoms. The summed E-state index contributed by atoms with van der Waals surface area (Å²) in [6.07, 6.45) is 4.63. The average Bonchev–Trinajstić information content (AvgIpc) is 3.37. The number of furan rings is 1. The molecule has 1 aromatic carbocycles. The second kappa shape index (κ2) is 9.35. The Kier molecular flexibility index (Phi) is 6.63. The number of aromatic amines is 1. The standard InChI is InChI=1S/C22H26FN3O2/c1-3-19-12-13-21(28-19)22(27)26(2)14-6-4-5-7-18-15-20(25-24-18)16-8-10-17(23)11-9-16/h8-13,15H,3-7,14H2,1-2H3,(H,24,25). The van der Waals surface area contributed by atoms with Gasteiger partial charge in [-0.2, -0.15) is 5.10 Å². The van der Waals surface area contributed by atoms with Gasteiger partial charge >= 0.3 is 0 Å². The molecule has 2 aromatic heterocycles. The third-order valence-corrected chi connectivity index (χ3v) is 4.78. The molecule has 3 rings (SSSR count). The summed E-state index contributed by atoms with van der Waals surface area (Å²) in [4.78, 5) is 14.0. The predicted molar refractivity (Wildman–Crippen MR) is 107 cm³/mol. The number of nitrogens with one attached hydrogen (secondary N) is 1. The lowest BCUT2D eigenvalue weighted by Crippen LogP contribution is -2.27. The molecule has 5 nitrogen and oxygen atoms in total. The minimum Gasteiger partial charge on any atom is -0.456 e. The van der Waals surface area contributed by atoms with Crippen LogP contribution in [0.1, 0.15) is 48.2 Å². The Morgan fingerprint density at radius 1 is 1.14 bits per heavy atom. The van der Waals surface area contributed by atoms with Gasteiger partial charge in [0.1, 0.15) is 11.6 Å². The van der Waals surface area contributed by atoms with Crippen LogP contribution in [0.15, 0.2) is 46.9 Å². The lowest BCUT2D eigenvalue weighted by Gasteiger charge is -2.15. The van der Waals surface area contributed by atoms with Crippen molar-refractivity contribution in [3.05, 3.63) is 65.5 Å². The van der Waals surface area contributed by atoms with Crippen LogP contribution in [-0.2, 0) is 12.8 Å². The molecule has 0 spiro atoms. The van der Waals surface area contributed by atoms with Crippen LogP contribution < -0.4 is 0 Å². The van der Waals surface area contributed by atoms with Crippen molar-refractivity contribution in [2.24, 2.45) is 0 Å². The molecule has 0 atom stereocenters. The van der Waals surface area contributed by atoms with Crippen molar-refractivity contribution in [3.63, 3.8) is 0 Å². The number of carbonyl (C=O) groups excluding carboxylic acids is 1. The van der Waals surface area contributed by atoms with Crippen LogP contribution in [0.5, 0.6) is 0 Å². The van der Waals surface area contributed by atoms with Crippen LogP contribution in [0.4, 0.5) is 4.39 Å². The second-order valence-electron chi connectivity index (χ2n) is 6.94. The number of carbonyl (C=O) groups is 1. The molecule has 0 bridgehead atoms. The number of aromatic nitrogens is 2. The van der Waals surface area contributed by atoms with Crippen LogP contribution in [0, 0.1) is 5.82 Å². The maximum atomic E-state index is 13.0. The van der Waals surface area contributed by atoms with Gasteiger partial charge in [0.15, 0.2) is 5.76 Å². The predicted octanol–water partition coefficient (Wildman–Crippen LogP) is 4.86. The lowest BCUT2D eigenvalue weighted by molar-refractivity contribution is 0.0759. The maximum absolute atomic E-state index is 13.0. The fourth-order valence-corrected chi connectivity index (χ4v) is 3.07. The van der Waals surface area contributed by atoms with Crippen molar-refractivity contribution < 1.29 is 13.6 Å². The fraction of sp³-hybridized carbons (Fsp3) is 0.364. The zero-order valence-electron chi connectivity index (χ0n) is 16.4. The van der Waals surface area contributed by atoms with Crippen LogP contribution in [0.25, 0.3) is 11.3 Å². The molecule has 0 saturated heterocycles. The Morgan fingerprint density at radius 2 is 1.93 bits per heavy atom. The van der Waals surface area contributed by atoms with Gasteiger partial charge in [0.2, 0.25) is 0 Å². The van der Waals surface area contributed by atoms with E-state index in [2.05, 4.69) is 10.2 Å². The van der Waals surface area contributed by atoms with E-state index in [9.17, 15) is 9.18 Å². The molecule has 1 amide bonds. The number of H-pyrrole nitrogens is 1. The minimum absolute atomic E-state index is 0.0720. The second-order valence-corrected chi connectivity index (χ2v) is 6.94. The van der Waals surface area contributed by atoms with E-state index in [1.54, 1.807) is 30.1 Å². The van der Waals surface area contributed by atoms with Gasteiger partial charge in [0.25, 0.3) is 5.91 Å². The summed E-state index contributed by atoms with van der Waals surface area (Å²) in [7, 11) is 1.81. The van der Waals surface area contributed by atoms with Crippen molar-refractivity contribution in [2.45, 2.75) is 39.0 Å². The summed E-state index contributed by atoms with van der Waals surface area (Å²) in [5.74, 6) is 0.916. The number of benzene rings is 1. The Bertz CT molecular complexity index is 899. The van der Waals surface area contributed by atoms with Crippen molar-refractivity contribution in [1.82, 2.24) is 15.1 Å². The van der Waals surface area contributed by atoms with Gasteiger partial charge in [-0.05, 0) is 61.7 Å². The Balaban J connectivity index is 1.39. The zero-order chi connectivity index (χ0) is 19.9. The fourth-order valence-electron chi connectivity index (χ4n) is 3.07. The van der Waals surface area contributed by atoms with Gasteiger partial charge in [0.05, 0.1) is 5.69 Å². The van der Waals surface area contributed by atoms with Crippen LogP contribution in [0.3, 0.4) is 0 Å². The van der Waals surface area contributed by atoms with Crippen molar-refractivity contribution in [1.29, 1.82) is 0 Å². The number of unbranched alkanes of at least 4 members (excludes halogenated alkanes) is 2. The molecule has 0 fully saturated rings. The Morgan fingerprint density at radius 3 is 2.64 bits per heavy atom. The number of aryl methyl sites for hydroxylation is 2. The molecule has 28 heavy (non-hydrogen) atoms. The van der Waals surface area contributed by atoms with E-state index >= 15 is 0 Å². The van der Waals surface area contributed by atoms with Gasteiger partial charge in [-0.25, -0.2) is 4.39 Å². The summed E-state index contributed by atoms with van der Waals surface area (Å²) in [5, 5.41) is 7.34. The summed E-state index contributed by atoms with van der Waals surface area (Å²) < 4.78 is 18.5. The Labute approximate surface area is 164 Å². The van der Waals surface area contributed by atoms with E-state index < -0.39 is 0 Å². The average molecular weight is 383 g/mol. The topological polar surface area (TPSA) is 62.1 Å². The number of hydrogen-bond acceptors (Lipinski definition) is 3. The molecule has 148 valence electrons. The number of nitrogens with zero attached hydrogens (tertiary/aromatic N) is 2. The largest absolute Gasteiger partial charge is 0.456 e. The maximum Gasteiger partial charge on any atom is 0.289 e. The molecule has 1 N–H and O–H groups in total. The van der Waals surface area contributed by atoms with E-state index in [-0.39, 0.29) is 11.7 Å². The molecular formula is C22H26FN3O2. The number of halogens is 1. The van der Waals surface area contributed by atoms with Crippen molar-refractivity contribution in [3.8, 4) is 11.3 Å². The third kappa shape index (κ3) is 5.09. The number of amides is 1. The molecule has 0 radical (unpaired) electrons. The van der Waals surface area contributed by atoms with Gasteiger partial charge in [-0.3, -0.25) is 9.89 Å². The van der Waals surface area contributed by atoms with E-state index in [0.717, 1.165) is 54.8 Å². The molecule has 0 aliphatic carbocycles. The van der Waals surface area contributed by atoms with Crippen LogP contribution in [-0.4, -0.2) is 34.6 Å². The molecule has 0 unspecified atom stereocenters. The third-order valence-electron chi connectivity index (χ3n) is 4.78.